The standard InChI is InChI=1S/C11H11Cl3N4/c12-8-6-9(13)11(17-10(8)14)16-2-1-4-18-5-3-15-7-18/h3,5-7H,1-2,4H2,(H,16,17). The van der Waals surface area contributed by atoms with Crippen LogP contribution in [-0.2, 0) is 6.54 Å². The van der Waals surface area contributed by atoms with E-state index in [1.54, 1.807) is 18.6 Å². The van der Waals surface area contributed by atoms with Crippen molar-refractivity contribution in [3.63, 3.8) is 0 Å². The van der Waals surface area contributed by atoms with E-state index in [0.29, 0.717) is 15.9 Å². The van der Waals surface area contributed by atoms with Crippen molar-refractivity contribution in [3.8, 4) is 0 Å². The number of nitrogens with zero attached hydrogens (tertiary/aromatic N) is 3. The lowest BCUT2D eigenvalue weighted by Crippen LogP contribution is -2.07. The van der Waals surface area contributed by atoms with Crippen molar-refractivity contribution >= 4 is 40.6 Å². The molecule has 0 saturated heterocycles. The number of hydrogen-bond acceptors (Lipinski definition) is 3. The Kier molecular flexibility index (Phi) is 4.69. The highest BCUT2D eigenvalue weighted by molar-refractivity contribution is 6.42. The second-order valence-corrected chi connectivity index (χ2v) is 4.84. The molecule has 2 rings (SSSR count). The van der Waals surface area contributed by atoms with Crippen LogP contribution in [0.25, 0.3) is 0 Å². The first-order valence-electron chi connectivity index (χ1n) is 5.38. The number of pyridine rings is 1. The first-order chi connectivity index (χ1) is 8.66. The Labute approximate surface area is 120 Å². The average Bonchev–Trinajstić information content (AvgIpc) is 2.84. The topological polar surface area (TPSA) is 42.7 Å². The van der Waals surface area contributed by atoms with Gasteiger partial charge in [-0.1, -0.05) is 34.8 Å². The highest BCUT2D eigenvalue weighted by atomic mass is 35.5. The summed E-state index contributed by atoms with van der Waals surface area (Å²) in [6, 6.07) is 1.58. The van der Waals surface area contributed by atoms with E-state index < -0.39 is 0 Å². The summed E-state index contributed by atoms with van der Waals surface area (Å²) < 4.78 is 2.01. The van der Waals surface area contributed by atoms with Crippen LogP contribution in [-0.4, -0.2) is 21.1 Å². The predicted octanol–water partition coefficient (Wildman–Crippen LogP) is 3.74. The summed E-state index contributed by atoms with van der Waals surface area (Å²) in [4.78, 5) is 8.05. The molecule has 4 nitrogen and oxygen atoms in total. The Balaban J connectivity index is 1.85. The number of rotatable bonds is 5. The molecule has 0 fully saturated rings. The molecule has 18 heavy (non-hydrogen) atoms. The third-order valence-corrected chi connectivity index (χ3v) is 3.29. The first-order valence-corrected chi connectivity index (χ1v) is 6.51. The van der Waals surface area contributed by atoms with Crippen molar-refractivity contribution in [1.82, 2.24) is 14.5 Å². The zero-order valence-electron chi connectivity index (χ0n) is 9.41. The molecule has 2 heterocycles. The summed E-state index contributed by atoms with van der Waals surface area (Å²) in [5, 5.41) is 4.19. The molecule has 0 saturated carbocycles. The summed E-state index contributed by atoms with van der Waals surface area (Å²) in [6.07, 6.45) is 6.38. The van der Waals surface area contributed by atoms with E-state index in [-0.39, 0.29) is 5.15 Å². The average molecular weight is 306 g/mol. The first kappa shape index (κ1) is 13.5. The smallest absolute Gasteiger partial charge is 0.150 e. The lowest BCUT2D eigenvalue weighted by molar-refractivity contribution is 0.660. The highest BCUT2D eigenvalue weighted by Gasteiger charge is 2.06. The molecule has 96 valence electrons. The van der Waals surface area contributed by atoms with Gasteiger partial charge in [0.05, 0.1) is 16.4 Å². The summed E-state index contributed by atoms with van der Waals surface area (Å²) >= 11 is 17.6. The predicted molar refractivity (Wildman–Crippen MR) is 74.6 cm³/mol. The Hall–Kier alpha value is -0.970. The van der Waals surface area contributed by atoms with Gasteiger partial charge in [-0.2, -0.15) is 0 Å². The molecule has 0 aliphatic rings. The SMILES string of the molecule is Clc1cc(Cl)c(NCCCn2ccnc2)nc1Cl. The van der Waals surface area contributed by atoms with Crippen LogP contribution in [0.1, 0.15) is 6.42 Å². The van der Waals surface area contributed by atoms with Crippen LogP contribution >= 0.6 is 34.8 Å². The molecule has 0 amide bonds. The van der Waals surface area contributed by atoms with E-state index >= 15 is 0 Å². The Morgan fingerprint density at radius 3 is 2.78 bits per heavy atom. The van der Waals surface area contributed by atoms with Crippen LogP contribution < -0.4 is 5.32 Å². The van der Waals surface area contributed by atoms with Crippen LogP contribution in [0.2, 0.25) is 15.2 Å². The molecule has 0 aliphatic heterocycles. The molecule has 0 bridgehead atoms. The monoisotopic (exact) mass is 304 g/mol. The van der Waals surface area contributed by atoms with Gasteiger partial charge in [0.25, 0.3) is 0 Å². The van der Waals surface area contributed by atoms with Crippen molar-refractivity contribution in [1.29, 1.82) is 0 Å². The number of aromatic nitrogens is 3. The molecule has 0 aromatic carbocycles. The van der Waals surface area contributed by atoms with Crippen molar-refractivity contribution in [2.75, 3.05) is 11.9 Å². The second-order valence-electron chi connectivity index (χ2n) is 3.67. The molecular formula is C11H11Cl3N4. The maximum Gasteiger partial charge on any atom is 0.150 e. The van der Waals surface area contributed by atoms with Gasteiger partial charge >= 0.3 is 0 Å². The minimum atomic E-state index is 0.248. The van der Waals surface area contributed by atoms with E-state index in [4.69, 9.17) is 34.8 Å². The van der Waals surface area contributed by atoms with Gasteiger partial charge in [-0.3, -0.25) is 0 Å². The van der Waals surface area contributed by atoms with Gasteiger partial charge in [0.2, 0.25) is 0 Å². The van der Waals surface area contributed by atoms with Gasteiger partial charge in [0.1, 0.15) is 11.0 Å². The van der Waals surface area contributed by atoms with Crippen LogP contribution in [0.5, 0.6) is 0 Å². The molecule has 0 unspecified atom stereocenters. The van der Waals surface area contributed by atoms with Crippen LogP contribution in [0.3, 0.4) is 0 Å². The maximum atomic E-state index is 6.00. The van der Waals surface area contributed by atoms with E-state index in [9.17, 15) is 0 Å². The fourth-order valence-electron chi connectivity index (χ4n) is 1.46. The lowest BCUT2D eigenvalue weighted by atomic mass is 10.4. The highest BCUT2D eigenvalue weighted by Crippen LogP contribution is 2.28. The molecule has 2 aromatic heterocycles. The van der Waals surface area contributed by atoms with E-state index in [0.717, 1.165) is 19.5 Å². The van der Waals surface area contributed by atoms with E-state index in [1.165, 1.54) is 0 Å². The van der Waals surface area contributed by atoms with Gasteiger partial charge in [0, 0.05) is 25.5 Å². The number of aryl methyl sites for hydroxylation is 1. The number of nitrogens with one attached hydrogen (secondary N) is 1. The molecule has 0 spiro atoms. The van der Waals surface area contributed by atoms with Crippen LogP contribution in [0.15, 0.2) is 24.8 Å². The fourth-order valence-corrected chi connectivity index (χ4v) is 2.02. The summed E-state index contributed by atoms with van der Waals surface area (Å²) in [7, 11) is 0. The van der Waals surface area contributed by atoms with Crippen LogP contribution in [0.4, 0.5) is 5.82 Å². The molecule has 2 aromatic rings. The molecule has 7 heteroatoms. The minimum absolute atomic E-state index is 0.248. The molecule has 0 aliphatic carbocycles. The summed E-state index contributed by atoms with van der Waals surface area (Å²) in [5.41, 5.74) is 0. The Bertz CT molecular complexity index is 513. The lowest BCUT2D eigenvalue weighted by Gasteiger charge is -2.08. The van der Waals surface area contributed by atoms with Gasteiger partial charge < -0.3 is 9.88 Å². The molecule has 1 N–H and O–H groups in total. The summed E-state index contributed by atoms with van der Waals surface area (Å²) in [5.74, 6) is 0.552. The fraction of sp³-hybridized carbons (Fsp3) is 0.273. The van der Waals surface area contributed by atoms with E-state index in [1.807, 2.05) is 10.8 Å². The van der Waals surface area contributed by atoms with Crippen LogP contribution in [0, 0.1) is 0 Å². The van der Waals surface area contributed by atoms with Gasteiger partial charge in [-0.25, -0.2) is 9.97 Å². The molecule has 0 atom stereocenters. The van der Waals surface area contributed by atoms with Crippen molar-refractivity contribution in [2.24, 2.45) is 0 Å². The third kappa shape index (κ3) is 3.51. The number of anilines is 1. The molecular weight excluding hydrogens is 295 g/mol. The zero-order chi connectivity index (χ0) is 13.0. The Morgan fingerprint density at radius 2 is 2.06 bits per heavy atom. The van der Waals surface area contributed by atoms with Gasteiger partial charge in [0.15, 0.2) is 0 Å². The largest absolute Gasteiger partial charge is 0.369 e. The third-order valence-electron chi connectivity index (χ3n) is 2.33. The van der Waals surface area contributed by atoms with Crippen molar-refractivity contribution < 1.29 is 0 Å². The zero-order valence-corrected chi connectivity index (χ0v) is 11.7. The number of hydrogen-bond donors (Lipinski definition) is 1. The van der Waals surface area contributed by atoms with Crippen molar-refractivity contribution in [2.45, 2.75) is 13.0 Å². The summed E-state index contributed by atoms with van der Waals surface area (Å²) in [6.45, 7) is 1.62. The van der Waals surface area contributed by atoms with Gasteiger partial charge in [-0.05, 0) is 12.5 Å². The number of imidazole rings is 1. The Morgan fingerprint density at radius 1 is 1.22 bits per heavy atom. The van der Waals surface area contributed by atoms with Crippen molar-refractivity contribution in [3.05, 3.63) is 40.0 Å². The number of halogens is 3. The quantitative estimate of drug-likeness (QED) is 0.676. The minimum Gasteiger partial charge on any atom is -0.369 e. The second kappa shape index (κ2) is 6.27. The van der Waals surface area contributed by atoms with E-state index in [2.05, 4.69) is 15.3 Å². The van der Waals surface area contributed by atoms with Gasteiger partial charge in [-0.15, -0.1) is 0 Å². The maximum absolute atomic E-state index is 6.00. The molecule has 0 radical (unpaired) electrons. The normalized spacial score (nSPS) is 10.6.